The molecule has 5 rings (SSSR count). The quantitative estimate of drug-likeness (QED) is 0.379. The molecule has 0 bridgehead atoms. The Balaban J connectivity index is 0.000000186. The molecule has 0 aliphatic carbocycles. The van der Waals surface area contributed by atoms with Gasteiger partial charge in [0.25, 0.3) is 0 Å². The molecule has 2 unspecified atom stereocenters. The van der Waals surface area contributed by atoms with E-state index in [0.29, 0.717) is 25.5 Å². The number of imidazole rings is 1. The van der Waals surface area contributed by atoms with Gasteiger partial charge in [-0.15, -0.1) is 0 Å². The molecule has 0 amide bonds. The minimum atomic E-state index is -0.302. The monoisotopic (exact) mass is 558 g/mol. The van der Waals surface area contributed by atoms with Crippen LogP contribution in [0.1, 0.15) is 65.8 Å². The molecule has 220 valence electrons. The van der Waals surface area contributed by atoms with Crippen molar-refractivity contribution in [3.05, 3.63) is 35.4 Å². The lowest BCUT2D eigenvalue weighted by molar-refractivity contribution is -0.0381. The van der Waals surface area contributed by atoms with Gasteiger partial charge in [-0.3, -0.25) is 9.13 Å². The number of anilines is 2. The van der Waals surface area contributed by atoms with Gasteiger partial charge in [0.2, 0.25) is 0 Å². The largest absolute Gasteiger partial charge is 0.376 e. The van der Waals surface area contributed by atoms with Crippen LogP contribution in [0.2, 0.25) is 0 Å². The summed E-state index contributed by atoms with van der Waals surface area (Å²) in [6.07, 6.45) is 8.31. The molecule has 2 aliphatic heterocycles. The Morgan fingerprint density at radius 3 is 2.05 bits per heavy atom. The Morgan fingerprint density at radius 1 is 0.900 bits per heavy atom. The van der Waals surface area contributed by atoms with Crippen molar-refractivity contribution in [3.8, 4) is 0 Å². The zero-order valence-corrected chi connectivity index (χ0v) is 24.2. The maximum Gasteiger partial charge on any atom is 0.351 e. The summed E-state index contributed by atoms with van der Waals surface area (Å²) in [7, 11) is 3.56. The van der Waals surface area contributed by atoms with Crippen molar-refractivity contribution in [2.75, 3.05) is 37.9 Å². The van der Waals surface area contributed by atoms with Crippen LogP contribution in [0.4, 0.5) is 11.6 Å². The third-order valence-electron chi connectivity index (χ3n) is 7.23. The highest BCUT2D eigenvalue weighted by Gasteiger charge is 2.37. The second kappa shape index (κ2) is 14.0. The summed E-state index contributed by atoms with van der Waals surface area (Å²) in [5.41, 5.74) is 1.24. The molecule has 0 spiro atoms. The van der Waals surface area contributed by atoms with E-state index in [2.05, 4.69) is 44.4 Å². The van der Waals surface area contributed by atoms with E-state index in [0.717, 1.165) is 36.2 Å². The van der Waals surface area contributed by atoms with E-state index in [4.69, 9.17) is 18.9 Å². The molecule has 3 aromatic heterocycles. The lowest BCUT2D eigenvalue weighted by Crippen LogP contribution is -2.27. The first-order chi connectivity index (χ1) is 19.5. The number of ether oxygens (including phenoxy) is 4. The molecule has 2 saturated heterocycles. The third kappa shape index (κ3) is 6.43. The molecule has 13 heteroatoms. The minimum absolute atomic E-state index is 0.0424. The molecule has 0 radical (unpaired) electrons. The highest BCUT2D eigenvalue weighted by Crippen LogP contribution is 2.34. The van der Waals surface area contributed by atoms with Crippen molar-refractivity contribution < 1.29 is 18.9 Å². The predicted octanol–water partition coefficient (Wildman–Crippen LogP) is 3.36. The average Bonchev–Trinajstić information content (AvgIpc) is 3.70. The Hall–Kier alpha value is -3.13. The Morgan fingerprint density at radius 2 is 1.52 bits per heavy atom. The summed E-state index contributed by atoms with van der Waals surface area (Å²) in [4.78, 5) is 28.8. The van der Waals surface area contributed by atoms with Crippen molar-refractivity contribution in [1.82, 2.24) is 29.1 Å². The number of hydrogen-bond acceptors (Lipinski definition) is 11. The maximum atomic E-state index is 11.9. The van der Waals surface area contributed by atoms with Crippen molar-refractivity contribution in [3.63, 3.8) is 0 Å². The van der Waals surface area contributed by atoms with Crippen LogP contribution in [-0.4, -0.2) is 80.8 Å². The number of hydrogen-bond donors (Lipinski definition) is 2. The molecule has 6 atom stereocenters. The molecule has 0 aromatic carbocycles. The van der Waals surface area contributed by atoms with Crippen LogP contribution in [0.3, 0.4) is 0 Å². The number of rotatable bonds is 10. The van der Waals surface area contributed by atoms with Gasteiger partial charge in [-0.05, 0) is 32.8 Å². The lowest BCUT2D eigenvalue weighted by atomic mass is 10.1. The van der Waals surface area contributed by atoms with Crippen LogP contribution in [0.5, 0.6) is 0 Å². The Bertz CT molecular complexity index is 1280. The summed E-state index contributed by atoms with van der Waals surface area (Å²) in [6.45, 7) is 9.52. The first-order valence-electron chi connectivity index (χ1n) is 14.1. The Kier molecular flexibility index (Phi) is 10.4. The van der Waals surface area contributed by atoms with Crippen LogP contribution >= 0.6 is 0 Å². The van der Waals surface area contributed by atoms with Gasteiger partial charge in [0.1, 0.15) is 30.1 Å². The SMILES string of the molecule is CCOC1C[C@H](n2ccc(NC)nc2=O)O[C@@H]1CC.CCOC1C[C@H](n2cnc3c(NC)ncnc32)O[C@@H]1CC. The highest BCUT2D eigenvalue weighted by atomic mass is 16.6. The maximum absolute atomic E-state index is 11.9. The van der Waals surface area contributed by atoms with Crippen molar-refractivity contribution in [2.45, 2.75) is 90.2 Å². The zero-order valence-electron chi connectivity index (χ0n) is 24.2. The summed E-state index contributed by atoms with van der Waals surface area (Å²) < 4.78 is 27.0. The van der Waals surface area contributed by atoms with E-state index in [1.807, 2.05) is 25.5 Å². The molecule has 13 nitrogen and oxygen atoms in total. The van der Waals surface area contributed by atoms with Crippen LogP contribution in [0.15, 0.2) is 29.7 Å². The molecule has 40 heavy (non-hydrogen) atoms. The predicted molar refractivity (Wildman–Crippen MR) is 151 cm³/mol. The zero-order chi connectivity index (χ0) is 28.6. The van der Waals surface area contributed by atoms with Crippen molar-refractivity contribution in [1.29, 1.82) is 0 Å². The van der Waals surface area contributed by atoms with E-state index in [-0.39, 0.29) is 42.6 Å². The first kappa shape index (κ1) is 29.8. The second-order valence-electron chi connectivity index (χ2n) is 9.58. The number of nitrogens with one attached hydrogen (secondary N) is 2. The van der Waals surface area contributed by atoms with Gasteiger partial charge in [0.05, 0.1) is 30.7 Å². The highest BCUT2D eigenvalue weighted by molar-refractivity contribution is 5.82. The summed E-state index contributed by atoms with van der Waals surface area (Å²) in [5.74, 6) is 1.29. The van der Waals surface area contributed by atoms with E-state index < -0.39 is 0 Å². The van der Waals surface area contributed by atoms with Gasteiger partial charge in [0, 0.05) is 46.3 Å². The Labute approximate surface area is 234 Å². The molecule has 2 aliphatic rings. The molecule has 0 saturated carbocycles. The van der Waals surface area contributed by atoms with Gasteiger partial charge < -0.3 is 29.6 Å². The van der Waals surface area contributed by atoms with Crippen LogP contribution in [0.25, 0.3) is 11.2 Å². The van der Waals surface area contributed by atoms with E-state index in [9.17, 15) is 4.79 Å². The average molecular weight is 559 g/mol. The summed E-state index contributed by atoms with van der Waals surface area (Å²) in [5, 5.41) is 5.88. The van der Waals surface area contributed by atoms with E-state index in [1.165, 1.54) is 4.57 Å². The van der Waals surface area contributed by atoms with Gasteiger partial charge in [-0.2, -0.15) is 4.98 Å². The topological polar surface area (TPSA) is 139 Å². The molecule has 5 heterocycles. The summed E-state index contributed by atoms with van der Waals surface area (Å²) >= 11 is 0. The number of nitrogens with zero attached hydrogens (tertiary/aromatic N) is 6. The van der Waals surface area contributed by atoms with Gasteiger partial charge >= 0.3 is 5.69 Å². The van der Waals surface area contributed by atoms with Gasteiger partial charge in [0.15, 0.2) is 11.5 Å². The normalized spacial score (nSPS) is 26.1. The van der Waals surface area contributed by atoms with E-state index in [1.54, 1.807) is 32.0 Å². The molecule has 2 fully saturated rings. The molecule has 2 N–H and O–H groups in total. The van der Waals surface area contributed by atoms with Crippen molar-refractivity contribution >= 4 is 22.8 Å². The fourth-order valence-corrected chi connectivity index (χ4v) is 5.26. The minimum Gasteiger partial charge on any atom is -0.376 e. The van der Waals surface area contributed by atoms with Gasteiger partial charge in [-0.1, -0.05) is 13.8 Å². The molecular weight excluding hydrogens is 516 g/mol. The fourth-order valence-electron chi connectivity index (χ4n) is 5.26. The van der Waals surface area contributed by atoms with Crippen LogP contribution in [0, 0.1) is 0 Å². The fraction of sp³-hybridized carbons (Fsp3) is 0.667. The molecule has 3 aromatic rings. The second-order valence-corrected chi connectivity index (χ2v) is 9.58. The third-order valence-corrected chi connectivity index (χ3v) is 7.23. The van der Waals surface area contributed by atoms with Crippen molar-refractivity contribution in [2.24, 2.45) is 0 Å². The molecular formula is C27H42N8O5. The summed E-state index contributed by atoms with van der Waals surface area (Å²) in [6, 6.07) is 1.76. The van der Waals surface area contributed by atoms with E-state index >= 15 is 0 Å². The van der Waals surface area contributed by atoms with Crippen LogP contribution in [-0.2, 0) is 18.9 Å². The smallest absolute Gasteiger partial charge is 0.351 e. The lowest BCUT2D eigenvalue weighted by Gasteiger charge is -2.16. The number of aromatic nitrogens is 6. The van der Waals surface area contributed by atoms with Crippen LogP contribution < -0.4 is 16.3 Å². The standard InChI is InChI=1S/C14H21N5O2.C13H21N3O3/c1-4-9-10(20-5-2)6-11(21-9)19-8-18-12-13(15-3)16-7-17-14(12)19;1-4-9-10(18-5-2)8-12(19-9)16-7-6-11(14-3)15-13(16)17/h7-11H,4-6H2,1-3H3,(H,15,16,17);6-7,9-10,12H,4-5,8H2,1-3H3,(H,14,15,17)/t9-,10?,11-;9-,10?,12-/m11/s1. The first-order valence-corrected chi connectivity index (χ1v) is 14.1. The van der Waals surface area contributed by atoms with Gasteiger partial charge in [-0.25, -0.2) is 19.7 Å². The number of fused-ring (bicyclic) bond motifs is 1.